The summed E-state index contributed by atoms with van der Waals surface area (Å²) in [6.45, 7) is 11.4. The van der Waals surface area contributed by atoms with Crippen LogP contribution in [0, 0.1) is 0 Å². The largest absolute Gasteiger partial charge is 0.444 e. The monoisotopic (exact) mass is 452 g/mol. The number of hydrogen-bond acceptors (Lipinski definition) is 6. The van der Waals surface area contributed by atoms with Gasteiger partial charge in [0.15, 0.2) is 0 Å². The van der Waals surface area contributed by atoms with Gasteiger partial charge >= 0.3 is 12.2 Å². The van der Waals surface area contributed by atoms with Crippen molar-refractivity contribution in [2.45, 2.75) is 140 Å². The zero-order valence-corrected chi connectivity index (χ0v) is 20.8. The van der Waals surface area contributed by atoms with Gasteiger partial charge in [0.25, 0.3) is 0 Å². The van der Waals surface area contributed by atoms with Crippen LogP contribution in [0.3, 0.4) is 0 Å². The molecule has 0 spiro atoms. The molecule has 4 bridgehead atoms. The zero-order chi connectivity index (χ0) is 23.8. The molecule has 2 amide bonds. The number of carbonyl (C=O) groups is 2. The SMILES string of the molecule is CC(C)(C)OC(=O)N1C2CC[C@@H]1CC[C@@H]2N.CC(C)(C)OC(=O)N1[C@@H]2CC[C@@H](N)[C@H]1CC2. The van der Waals surface area contributed by atoms with Crippen molar-refractivity contribution in [1.82, 2.24) is 9.80 Å². The van der Waals surface area contributed by atoms with Gasteiger partial charge in [0, 0.05) is 24.2 Å². The summed E-state index contributed by atoms with van der Waals surface area (Å²) in [4.78, 5) is 27.9. The lowest BCUT2D eigenvalue weighted by Gasteiger charge is -2.39. The first-order valence-corrected chi connectivity index (χ1v) is 12.3. The molecular weight excluding hydrogens is 408 g/mol. The molecule has 4 fully saturated rings. The molecule has 4 saturated heterocycles. The van der Waals surface area contributed by atoms with Gasteiger partial charge in [0.1, 0.15) is 11.2 Å². The molecule has 8 heteroatoms. The van der Waals surface area contributed by atoms with E-state index in [0.29, 0.717) is 12.1 Å². The molecule has 4 aliphatic rings. The summed E-state index contributed by atoms with van der Waals surface area (Å²) in [7, 11) is 0. The van der Waals surface area contributed by atoms with E-state index >= 15 is 0 Å². The van der Waals surface area contributed by atoms with Gasteiger partial charge in [-0.25, -0.2) is 9.59 Å². The lowest BCUT2D eigenvalue weighted by atomic mass is 9.99. The summed E-state index contributed by atoms with van der Waals surface area (Å²) in [6.07, 6.45) is 7.98. The first-order chi connectivity index (χ1) is 14.8. The van der Waals surface area contributed by atoms with Crippen LogP contribution in [0.5, 0.6) is 0 Å². The number of amides is 2. The molecule has 0 aromatic rings. The lowest BCUT2D eigenvalue weighted by molar-refractivity contribution is 0.00405. The van der Waals surface area contributed by atoms with Crippen LogP contribution in [-0.4, -0.2) is 69.4 Å². The van der Waals surface area contributed by atoms with Gasteiger partial charge in [-0.05, 0) is 92.9 Å². The van der Waals surface area contributed by atoms with E-state index in [-0.39, 0.29) is 36.4 Å². The molecule has 0 aliphatic carbocycles. The van der Waals surface area contributed by atoms with Crippen molar-refractivity contribution in [3.05, 3.63) is 0 Å². The topological polar surface area (TPSA) is 111 Å². The summed E-state index contributed by atoms with van der Waals surface area (Å²) < 4.78 is 10.9. The predicted molar refractivity (Wildman–Crippen MR) is 124 cm³/mol. The highest BCUT2D eigenvalue weighted by molar-refractivity contribution is 5.70. The van der Waals surface area contributed by atoms with E-state index in [1.807, 2.05) is 51.3 Å². The van der Waals surface area contributed by atoms with E-state index in [0.717, 1.165) is 51.4 Å². The third-order valence-corrected chi connectivity index (χ3v) is 6.96. The summed E-state index contributed by atoms with van der Waals surface area (Å²) in [5, 5.41) is 0. The van der Waals surface area contributed by atoms with Gasteiger partial charge < -0.3 is 30.7 Å². The minimum absolute atomic E-state index is 0.131. The van der Waals surface area contributed by atoms with Crippen molar-refractivity contribution < 1.29 is 19.1 Å². The van der Waals surface area contributed by atoms with Crippen LogP contribution >= 0.6 is 0 Å². The minimum Gasteiger partial charge on any atom is -0.444 e. The Morgan fingerprint density at radius 2 is 0.938 bits per heavy atom. The first kappa shape index (κ1) is 25.1. The predicted octanol–water partition coefficient (Wildman–Crippen LogP) is 3.75. The number of nitrogens with zero attached hydrogens (tertiary/aromatic N) is 2. The molecule has 4 aliphatic heterocycles. The molecule has 0 radical (unpaired) electrons. The van der Waals surface area contributed by atoms with Crippen LogP contribution in [0.15, 0.2) is 0 Å². The maximum Gasteiger partial charge on any atom is 0.410 e. The van der Waals surface area contributed by atoms with E-state index in [1.165, 1.54) is 0 Å². The third-order valence-electron chi connectivity index (χ3n) is 6.96. The van der Waals surface area contributed by atoms with Crippen LogP contribution < -0.4 is 11.5 Å². The Kier molecular flexibility index (Phi) is 7.35. The van der Waals surface area contributed by atoms with Crippen molar-refractivity contribution in [2.75, 3.05) is 0 Å². The van der Waals surface area contributed by atoms with Gasteiger partial charge in [-0.1, -0.05) is 0 Å². The van der Waals surface area contributed by atoms with Crippen LogP contribution in [0.1, 0.15) is 92.9 Å². The Balaban J connectivity index is 0.000000181. The fourth-order valence-corrected chi connectivity index (χ4v) is 5.58. The highest BCUT2D eigenvalue weighted by atomic mass is 16.6. The molecule has 6 atom stereocenters. The van der Waals surface area contributed by atoms with E-state index < -0.39 is 11.2 Å². The van der Waals surface area contributed by atoms with Crippen molar-refractivity contribution in [1.29, 1.82) is 0 Å². The fraction of sp³-hybridized carbons (Fsp3) is 0.917. The maximum atomic E-state index is 12.1. The highest BCUT2D eigenvalue weighted by Crippen LogP contribution is 2.37. The standard InChI is InChI=1S/2C12H22N2O2/c2*1-12(2,3)16-11(15)14-8-4-6-9(13)10(14)7-5-8/h2*8-10H,4-7,13H2,1-3H3/t8-,9-,10?;8-,9-,10-/m01/s1. The van der Waals surface area contributed by atoms with Gasteiger partial charge in [0.05, 0.1) is 12.1 Å². The Bertz CT molecular complexity index is 628. The summed E-state index contributed by atoms with van der Waals surface area (Å²) in [6, 6.07) is 1.39. The number of rotatable bonds is 0. The zero-order valence-electron chi connectivity index (χ0n) is 20.8. The summed E-state index contributed by atoms with van der Waals surface area (Å²) in [5.74, 6) is 0. The fourth-order valence-electron chi connectivity index (χ4n) is 5.58. The van der Waals surface area contributed by atoms with Crippen LogP contribution in [0.4, 0.5) is 9.59 Å². The summed E-state index contributed by atoms with van der Waals surface area (Å²) >= 11 is 0. The average molecular weight is 453 g/mol. The molecular formula is C24H44N4O4. The number of hydrogen-bond donors (Lipinski definition) is 2. The van der Waals surface area contributed by atoms with E-state index in [2.05, 4.69) is 0 Å². The molecule has 0 aromatic carbocycles. The number of carbonyl (C=O) groups excluding carboxylic acids is 2. The molecule has 0 saturated carbocycles. The molecule has 8 nitrogen and oxygen atoms in total. The smallest absolute Gasteiger partial charge is 0.410 e. The molecule has 4 heterocycles. The summed E-state index contributed by atoms with van der Waals surface area (Å²) in [5.41, 5.74) is 11.3. The van der Waals surface area contributed by atoms with Crippen LogP contribution in [-0.2, 0) is 9.47 Å². The van der Waals surface area contributed by atoms with Gasteiger partial charge in [-0.15, -0.1) is 0 Å². The van der Waals surface area contributed by atoms with Crippen molar-refractivity contribution in [3.8, 4) is 0 Å². The molecule has 184 valence electrons. The lowest BCUT2D eigenvalue weighted by Crippen LogP contribution is -2.54. The molecule has 1 unspecified atom stereocenters. The van der Waals surface area contributed by atoms with E-state index in [1.54, 1.807) is 0 Å². The van der Waals surface area contributed by atoms with E-state index in [9.17, 15) is 9.59 Å². The normalized spacial score (nSPS) is 34.0. The molecule has 4 N–H and O–H groups in total. The van der Waals surface area contributed by atoms with Crippen LogP contribution in [0.25, 0.3) is 0 Å². The minimum atomic E-state index is -0.419. The quantitative estimate of drug-likeness (QED) is 0.579. The maximum absolute atomic E-state index is 12.1. The van der Waals surface area contributed by atoms with Crippen molar-refractivity contribution >= 4 is 12.2 Å². The Labute approximate surface area is 193 Å². The number of ether oxygens (including phenoxy) is 2. The van der Waals surface area contributed by atoms with Crippen LogP contribution in [0.2, 0.25) is 0 Å². The molecule has 4 rings (SSSR count). The number of piperidine rings is 2. The van der Waals surface area contributed by atoms with Crippen molar-refractivity contribution in [2.24, 2.45) is 11.5 Å². The Hall–Kier alpha value is -1.54. The Morgan fingerprint density at radius 1 is 0.625 bits per heavy atom. The number of fused-ring (bicyclic) bond motifs is 4. The second-order valence-corrected chi connectivity index (χ2v) is 11.9. The second kappa shape index (κ2) is 9.37. The molecule has 32 heavy (non-hydrogen) atoms. The van der Waals surface area contributed by atoms with Gasteiger partial charge in [0.2, 0.25) is 0 Å². The van der Waals surface area contributed by atoms with Gasteiger partial charge in [-0.2, -0.15) is 0 Å². The Morgan fingerprint density at radius 3 is 1.25 bits per heavy atom. The second-order valence-electron chi connectivity index (χ2n) is 11.9. The third kappa shape index (κ3) is 5.87. The highest BCUT2D eigenvalue weighted by Gasteiger charge is 2.46. The number of nitrogens with two attached hydrogens (primary N) is 2. The van der Waals surface area contributed by atoms with Gasteiger partial charge in [-0.3, -0.25) is 0 Å². The first-order valence-electron chi connectivity index (χ1n) is 12.3. The van der Waals surface area contributed by atoms with Crippen molar-refractivity contribution in [3.63, 3.8) is 0 Å². The molecule has 0 aromatic heterocycles. The average Bonchev–Trinajstić information content (AvgIpc) is 3.16. The van der Waals surface area contributed by atoms with E-state index in [4.69, 9.17) is 20.9 Å².